The van der Waals surface area contributed by atoms with E-state index in [-0.39, 0.29) is 17.1 Å². The Morgan fingerprint density at radius 3 is 2.23 bits per heavy atom. The van der Waals surface area contributed by atoms with Gasteiger partial charge < -0.3 is 10.2 Å². The molecule has 0 aliphatic rings. The molecule has 0 amide bonds. The summed E-state index contributed by atoms with van der Waals surface area (Å²) in [5, 5.41) is 17.9. The van der Waals surface area contributed by atoms with Gasteiger partial charge in [0.15, 0.2) is 0 Å². The van der Waals surface area contributed by atoms with Crippen LogP contribution in [0.4, 0.5) is 0 Å². The van der Waals surface area contributed by atoms with Crippen LogP contribution in [0.2, 0.25) is 0 Å². The number of allylic oxidation sites excluding steroid dienone is 2. The van der Waals surface area contributed by atoms with E-state index in [4.69, 9.17) is 10.2 Å². The van der Waals surface area contributed by atoms with Crippen LogP contribution in [-0.2, 0) is 9.59 Å². The third-order valence-electron chi connectivity index (χ3n) is 3.09. The molecular formula is C17H20O4S. The highest BCUT2D eigenvalue weighted by Crippen LogP contribution is 2.24. The lowest BCUT2D eigenvalue weighted by molar-refractivity contribution is -0.133. The van der Waals surface area contributed by atoms with Gasteiger partial charge in [-0.2, -0.15) is 0 Å². The van der Waals surface area contributed by atoms with Crippen LogP contribution in [0.3, 0.4) is 0 Å². The minimum Gasteiger partial charge on any atom is -0.478 e. The zero-order valence-corrected chi connectivity index (χ0v) is 13.5. The van der Waals surface area contributed by atoms with Gasteiger partial charge in [-0.15, -0.1) is 11.8 Å². The zero-order valence-electron chi connectivity index (χ0n) is 12.7. The van der Waals surface area contributed by atoms with E-state index < -0.39 is 11.9 Å². The van der Waals surface area contributed by atoms with Crippen LogP contribution in [0.25, 0.3) is 0 Å². The van der Waals surface area contributed by atoms with Crippen LogP contribution < -0.4 is 0 Å². The van der Waals surface area contributed by atoms with Gasteiger partial charge in [0.1, 0.15) is 0 Å². The van der Waals surface area contributed by atoms with E-state index in [1.54, 1.807) is 30.8 Å². The molecule has 0 bridgehead atoms. The van der Waals surface area contributed by atoms with E-state index in [9.17, 15) is 9.59 Å². The van der Waals surface area contributed by atoms with Gasteiger partial charge in [-0.1, -0.05) is 30.4 Å². The minimum absolute atomic E-state index is 0.0318. The predicted octanol–water partition coefficient (Wildman–Crippen LogP) is 3.85. The molecule has 0 saturated heterocycles. The molecule has 118 valence electrons. The molecule has 2 N–H and O–H groups in total. The molecule has 0 saturated carbocycles. The molecule has 5 heteroatoms. The number of thioether (sulfide) groups is 1. The largest absolute Gasteiger partial charge is 0.478 e. The molecule has 0 spiro atoms. The molecule has 1 unspecified atom stereocenters. The summed E-state index contributed by atoms with van der Waals surface area (Å²) in [4.78, 5) is 22.9. The number of carboxylic acid groups (broad SMARTS) is 2. The molecular weight excluding hydrogens is 300 g/mol. The van der Waals surface area contributed by atoms with E-state index in [2.05, 4.69) is 0 Å². The van der Waals surface area contributed by atoms with Crippen molar-refractivity contribution in [2.24, 2.45) is 5.92 Å². The van der Waals surface area contributed by atoms with Crippen molar-refractivity contribution in [3.05, 3.63) is 53.6 Å². The fourth-order valence-electron chi connectivity index (χ4n) is 1.74. The normalized spacial score (nSPS) is 13.7. The molecule has 1 aromatic rings. The average molecular weight is 320 g/mol. The second kappa shape index (κ2) is 9.10. The Morgan fingerprint density at radius 2 is 1.68 bits per heavy atom. The number of carboxylic acids is 2. The molecule has 0 aliphatic heterocycles. The van der Waals surface area contributed by atoms with Gasteiger partial charge in [0.05, 0.1) is 0 Å². The van der Waals surface area contributed by atoms with Crippen LogP contribution in [-0.4, -0.2) is 27.9 Å². The maximum Gasteiger partial charge on any atom is 0.330 e. The molecule has 4 nitrogen and oxygen atoms in total. The van der Waals surface area contributed by atoms with E-state index in [0.29, 0.717) is 12.2 Å². The summed E-state index contributed by atoms with van der Waals surface area (Å²) in [6.45, 7) is 3.09. The molecule has 0 radical (unpaired) electrons. The first-order valence-corrected chi connectivity index (χ1v) is 7.88. The Labute approximate surface area is 134 Å². The van der Waals surface area contributed by atoms with E-state index in [0.717, 1.165) is 4.90 Å². The van der Waals surface area contributed by atoms with Crippen molar-refractivity contribution in [2.45, 2.75) is 25.2 Å². The Morgan fingerprint density at radius 1 is 1.09 bits per heavy atom. The first kappa shape index (κ1) is 18.0. The highest BCUT2D eigenvalue weighted by molar-refractivity contribution is 7.99. The molecule has 0 fully saturated rings. The number of aliphatic carboxylic acids is 2. The van der Waals surface area contributed by atoms with Crippen molar-refractivity contribution in [3.63, 3.8) is 0 Å². The highest BCUT2D eigenvalue weighted by atomic mass is 32.2. The number of hydrogen-bond donors (Lipinski definition) is 2. The highest BCUT2D eigenvalue weighted by Gasteiger charge is 2.10. The summed E-state index contributed by atoms with van der Waals surface area (Å²) < 4.78 is 0. The first-order valence-electron chi connectivity index (χ1n) is 6.89. The van der Waals surface area contributed by atoms with E-state index in [1.165, 1.54) is 6.92 Å². The maximum absolute atomic E-state index is 11.0. The SMILES string of the molecule is CC(=CCC(C=C(C)C(=O)O)CSc1ccccc1)C(=O)O. The van der Waals surface area contributed by atoms with E-state index >= 15 is 0 Å². The predicted molar refractivity (Wildman–Crippen MR) is 88.1 cm³/mol. The van der Waals surface area contributed by atoms with Crippen molar-refractivity contribution in [2.75, 3.05) is 5.75 Å². The summed E-state index contributed by atoms with van der Waals surface area (Å²) >= 11 is 1.63. The van der Waals surface area contributed by atoms with Crippen LogP contribution in [0, 0.1) is 5.92 Å². The molecule has 0 heterocycles. The molecule has 0 aliphatic carbocycles. The molecule has 1 atom stereocenters. The quantitative estimate of drug-likeness (QED) is 0.562. The average Bonchev–Trinajstić information content (AvgIpc) is 2.50. The van der Waals surface area contributed by atoms with Crippen molar-refractivity contribution in [1.29, 1.82) is 0 Å². The number of carbonyl (C=O) groups is 2. The molecule has 1 rings (SSSR count). The Hall–Kier alpha value is -2.01. The lowest BCUT2D eigenvalue weighted by Crippen LogP contribution is -2.05. The summed E-state index contributed by atoms with van der Waals surface area (Å²) in [7, 11) is 0. The van der Waals surface area contributed by atoms with Gasteiger partial charge >= 0.3 is 11.9 Å². The lowest BCUT2D eigenvalue weighted by atomic mass is 10.0. The van der Waals surface area contributed by atoms with Crippen molar-refractivity contribution in [1.82, 2.24) is 0 Å². The first-order chi connectivity index (χ1) is 10.4. The van der Waals surface area contributed by atoms with Crippen molar-refractivity contribution in [3.8, 4) is 0 Å². The van der Waals surface area contributed by atoms with E-state index in [1.807, 2.05) is 30.3 Å². The van der Waals surface area contributed by atoms with Crippen molar-refractivity contribution < 1.29 is 19.8 Å². The molecule has 0 aromatic heterocycles. The topological polar surface area (TPSA) is 74.6 Å². The Bertz CT molecular complexity index is 576. The summed E-state index contributed by atoms with van der Waals surface area (Å²) in [5.74, 6) is -1.24. The number of benzene rings is 1. The Kier molecular flexibility index (Phi) is 7.46. The number of rotatable bonds is 8. The van der Waals surface area contributed by atoms with Gasteiger partial charge in [-0.05, 0) is 38.3 Å². The lowest BCUT2D eigenvalue weighted by Gasteiger charge is -2.11. The van der Waals surface area contributed by atoms with Crippen molar-refractivity contribution >= 4 is 23.7 Å². The van der Waals surface area contributed by atoms with Gasteiger partial charge in [-0.3, -0.25) is 0 Å². The standard InChI is InChI=1S/C17H20O4S/c1-12(16(18)19)8-9-14(10-13(2)17(20)21)11-22-15-6-4-3-5-7-15/h3-8,10,14H,9,11H2,1-2H3,(H,18,19)(H,20,21). The van der Waals surface area contributed by atoms with Crippen LogP contribution in [0.15, 0.2) is 58.5 Å². The number of hydrogen-bond acceptors (Lipinski definition) is 3. The van der Waals surface area contributed by atoms with Gasteiger partial charge in [0.2, 0.25) is 0 Å². The fourth-order valence-corrected chi connectivity index (χ4v) is 2.73. The van der Waals surface area contributed by atoms with Gasteiger partial charge in [0, 0.05) is 21.8 Å². The van der Waals surface area contributed by atoms with Crippen LogP contribution in [0.1, 0.15) is 20.3 Å². The minimum atomic E-state index is -0.951. The third kappa shape index (κ3) is 6.63. The molecule has 22 heavy (non-hydrogen) atoms. The monoisotopic (exact) mass is 320 g/mol. The van der Waals surface area contributed by atoms with Gasteiger partial charge in [-0.25, -0.2) is 9.59 Å². The van der Waals surface area contributed by atoms with Crippen LogP contribution >= 0.6 is 11.8 Å². The smallest absolute Gasteiger partial charge is 0.330 e. The maximum atomic E-state index is 11.0. The third-order valence-corrected chi connectivity index (χ3v) is 4.29. The zero-order chi connectivity index (χ0) is 16.5. The second-order valence-corrected chi connectivity index (χ2v) is 6.06. The summed E-state index contributed by atoms with van der Waals surface area (Å²) in [6, 6.07) is 9.82. The Balaban J connectivity index is 2.78. The summed E-state index contributed by atoms with van der Waals surface area (Å²) in [5.41, 5.74) is 0.552. The fraction of sp³-hybridized carbons (Fsp3) is 0.294. The molecule has 1 aromatic carbocycles. The second-order valence-electron chi connectivity index (χ2n) is 4.97. The van der Waals surface area contributed by atoms with Gasteiger partial charge in [0.25, 0.3) is 0 Å². The van der Waals surface area contributed by atoms with Crippen LogP contribution in [0.5, 0.6) is 0 Å². The summed E-state index contributed by atoms with van der Waals surface area (Å²) in [6.07, 6.45) is 3.84.